The molecule has 0 radical (unpaired) electrons. The van der Waals surface area contributed by atoms with E-state index in [2.05, 4.69) is 0 Å². The number of hydrogen-bond donors (Lipinski definition) is 3. The van der Waals surface area contributed by atoms with Crippen molar-refractivity contribution >= 4 is 0 Å². The van der Waals surface area contributed by atoms with Crippen LogP contribution in [0, 0.1) is 5.92 Å². The maximum atomic E-state index is 10.0. The van der Waals surface area contributed by atoms with Crippen LogP contribution in [0.4, 0.5) is 0 Å². The highest BCUT2D eigenvalue weighted by atomic mass is 16.6. The average Bonchev–Trinajstić information content (AvgIpc) is 2.24. The van der Waals surface area contributed by atoms with Gasteiger partial charge in [-0.25, -0.2) is 0 Å². The molecule has 2 unspecified atom stereocenters. The van der Waals surface area contributed by atoms with Gasteiger partial charge >= 0.3 is 0 Å². The van der Waals surface area contributed by atoms with Crippen molar-refractivity contribution in [3.8, 4) is 0 Å². The van der Waals surface area contributed by atoms with Crippen LogP contribution in [0.15, 0.2) is 0 Å². The Bertz CT molecular complexity index is 229. The van der Waals surface area contributed by atoms with Crippen molar-refractivity contribution in [3.05, 3.63) is 0 Å². The largest absolute Gasteiger partial charge is 0.394 e. The summed E-state index contributed by atoms with van der Waals surface area (Å²) in [5.74, 6) is 0.0636. The summed E-state index contributed by atoms with van der Waals surface area (Å²) < 4.78 is 11.1. The molecule has 1 rings (SSSR count). The lowest BCUT2D eigenvalue weighted by atomic mass is 9.89. The Balaban J connectivity index is 2.79. The molecule has 0 spiro atoms. The summed E-state index contributed by atoms with van der Waals surface area (Å²) >= 11 is 0. The van der Waals surface area contributed by atoms with Crippen molar-refractivity contribution in [2.45, 2.75) is 64.3 Å². The Morgan fingerprint density at radius 2 is 1.71 bits per heavy atom. The van der Waals surface area contributed by atoms with Crippen LogP contribution in [0.2, 0.25) is 0 Å². The fraction of sp³-hybridized carbons (Fsp3) is 1.00. The summed E-state index contributed by atoms with van der Waals surface area (Å²) in [6, 6.07) is 0. The lowest BCUT2D eigenvalue weighted by molar-refractivity contribution is -0.256. The average molecular weight is 248 g/mol. The van der Waals surface area contributed by atoms with E-state index in [0.29, 0.717) is 0 Å². The van der Waals surface area contributed by atoms with E-state index in [1.807, 2.05) is 27.7 Å². The van der Waals surface area contributed by atoms with E-state index in [9.17, 15) is 15.3 Å². The Hall–Kier alpha value is -0.200. The van der Waals surface area contributed by atoms with E-state index in [1.54, 1.807) is 0 Å². The number of ether oxygens (including phenoxy) is 2. The molecule has 0 amide bonds. The molecule has 102 valence electrons. The molecule has 5 atom stereocenters. The van der Waals surface area contributed by atoms with Gasteiger partial charge in [0.05, 0.1) is 18.8 Å². The van der Waals surface area contributed by atoms with Gasteiger partial charge in [0, 0.05) is 0 Å². The van der Waals surface area contributed by atoms with Gasteiger partial charge in [0.25, 0.3) is 0 Å². The SMILES string of the molecule is CC(C)O[C@@H]1C(CO)O[C@@H](C(C)C)[C@@H](O)C1O. The fourth-order valence-corrected chi connectivity index (χ4v) is 2.15. The van der Waals surface area contributed by atoms with Gasteiger partial charge in [-0.3, -0.25) is 0 Å². The third kappa shape index (κ3) is 3.39. The lowest BCUT2D eigenvalue weighted by Crippen LogP contribution is -2.61. The van der Waals surface area contributed by atoms with Crippen LogP contribution in [0.5, 0.6) is 0 Å². The third-order valence-corrected chi connectivity index (χ3v) is 2.99. The zero-order chi connectivity index (χ0) is 13.2. The first kappa shape index (κ1) is 14.9. The summed E-state index contributed by atoms with van der Waals surface area (Å²) in [4.78, 5) is 0. The standard InChI is InChI=1S/C12H24O5/c1-6(2)11-9(14)10(15)12(16-7(3)4)8(5-13)17-11/h6-15H,5H2,1-4H3/t8?,9-,10?,11-,12+/m0/s1. The van der Waals surface area contributed by atoms with Crippen LogP contribution < -0.4 is 0 Å². The molecule has 5 heteroatoms. The fourth-order valence-electron chi connectivity index (χ4n) is 2.15. The smallest absolute Gasteiger partial charge is 0.115 e. The van der Waals surface area contributed by atoms with E-state index in [4.69, 9.17) is 9.47 Å². The quantitative estimate of drug-likeness (QED) is 0.648. The number of aliphatic hydroxyl groups excluding tert-OH is 3. The van der Waals surface area contributed by atoms with Crippen molar-refractivity contribution < 1.29 is 24.8 Å². The van der Waals surface area contributed by atoms with E-state index in [-0.39, 0.29) is 18.6 Å². The van der Waals surface area contributed by atoms with E-state index in [1.165, 1.54) is 0 Å². The number of aliphatic hydroxyl groups is 3. The predicted molar refractivity (Wildman–Crippen MR) is 62.6 cm³/mol. The van der Waals surface area contributed by atoms with Crippen LogP contribution in [-0.4, -0.2) is 58.6 Å². The monoisotopic (exact) mass is 248 g/mol. The van der Waals surface area contributed by atoms with Gasteiger partial charge in [0.2, 0.25) is 0 Å². The summed E-state index contributed by atoms with van der Waals surface area (Å²) in [5.41, 5.74) is 0. The Morgan fingerprint density at radius 1 is 1.12 bits per heavy atom. The first-order chi connectivity index (χ1) is 7.88. The first-order valence-electron chi connectivity index (χ1n) is 6.16. The van der Waals surface area contributed by atoms with Gasteiger partial charge in [0.15, 0.2) is 0 Å². The molecule has 0 aromatic heterocycles. The minimum absolute atomic E-state index is 0.0636. The molecular formula is C12H24O5. The van der Waals surface area contributed by atoms with Crippen molar-refractivity contribution in [2.24, 2.45) is 5.92 Å². The highest BCUT2D eigenvalue weighted by Gasteiger charge is 2.46. The van der Waals surface area contributed by atoms with Crippen molar-refractivity contribution in [1.82, 2.24) is 0 Å². The van der Waals surface area contributed by atoms with Gasteiger partial charge in [0.1, 0.15) is 24.4 Å². The van der Waals surface area contributed by atoms with Crippen LogP contribution in [0.1, 0.15) is 27.7 Å². The molecule has 0 bridgehead atoms. The molecule has 1 fully saturated rings. The summed E-state index contributed by atoms with van der Waals surface area (Å²) in [6.07, 6.45) is -3.88. The zero-order valence-electron chi connectivity index (χ0n) is 10.9. The molecule has 0 aromatic carbocycles. The molecule has 1 saturated heterocycles. The van der Waals surface area contributed by atoms with Crippen LogP contribution in [-0.2, 0) is 9.47 Å². The summed E-state index contributed by atoms with van der Waals surface area (Å²) in [6.45, 7) is 7.24. The number of rotatable bonds is 4. The lowest BCUT2D eigenvalue weighted by Gasteiger charge is -2.44. The Morgan fingerprint density at radius 3 is 2.12 bits per heavy atom. The highest BCUT2D eigenvalue weighted by Crippen LogP contribution is 2.28. The highest BCUT2D eigenvalue weighted by molar-refractivity contribution is 4.94. The topological polar surface area (TPSA) is 79.2 Å². The summed E-state index contributed by atoms with van der Waals surface area (Å²) in [7, 11) is 0. The van der Waals surface area contributed by atoms with Crippen LogP contribution in [0.3, 0.4) is 0 Å². The third-order valence-electron chi connectivity index (χ3n) is 2.99. The van der Waals surface area contributed by atoms with Crippen LogP contribution in [0.25, 0.3) is 0 Å². The predicted octanol–water partition coefficient (Wildman–Crippen LogP) is -0.0825. The maximum absolute atomic E-state index is 10.0. The first-order valence-corrected chi connectivity index (χ1v) is 6.16. The maximum Gasteiger partial charge on any atom is 0.115 e. The molecule has 3 N–H and O–H groups in total. The minimum Gasteiger partial charge on any atom is -0.394 e. The van der Waals surface area contributed by atoms with E-state index in [0.717, 1.165) is 0 Å². The summed E-state index contributed by atoms with van der Waals surface area (Å²) in [5, 5.41) is 29.3. The normalized spacial score (nSPS) is 39.0. The van der Waals surface area contributed by atoms with Gasteiger partial charge in [-0.2, -0.15) is 0 Å². The van der Waals surface area contributed by atoms with Crippen molar-refractivity contribution in [2.75, 3.05) is 6.61 Å². The minimum atomic E-state index is -1.03. The van der Waals surface area contributed by atoms with Gasteiger partial charge < -0.3 is 24.8 Å². The van der Waals surface area contributed by atoms with E-state index < -0.39 is 30.5 Å². The molecule has 1 aliphatic heterocycles. The molecule has 1 heterocycles. The second-order valence-electron chi connectivity index (χ2n) is 5.20. The molecule has 1 aliphatic rings. The van der Waals surface area contributed by atoms with Gasteiger partial charge in [-0.1, -0.05) is 13.8 Å². The molecular weight excluding hydrogens is 224 g/mol. The second kappa shape index (κ2) is 6.11. The van der Waals surface area contributed by atoms with E-state index >= 15 is 0 Å². The van der Waals surface area contributed by atoms with Gasteiger partial charge in [-0.15, -0.1) is 0 Å². The number of hydrogen-bond acceptors (Lipinski definition) is 5. The Kier molecular flexibility index (Phi) is 5.34. The van der Waals surface area contributed by atoms with Crippen molar-refractivity contribution in [1.29, 1.82) is 0 Å². The molecule has 0 aromatic rings. The zero-order valence-corrected chi connectivity index (χ0v) is 10.9. The molecule has 17 heavy (non-hydrogen) atoms. The molecule has 0 aliphatic carbocycles. The second-order valence-corrected chi connectivity index (χ2v) is 5.20. The van der Waals surface area contributed by atoms with Crippen LogP contribution >= 0.6 is 0 Å². The Labute approximate surface area is 102 Å². The molecule has 0 saturated carbocycles. The molecule has 5 nitrogen and oxygen atoms in total. The van der Waals surface area contributed by atoms with Crippen molar-refractivity contribution in [3.63, 3.8) is 0 Å². The van der Waals surface area contributed by atoms with Gasteiger partial charge in [-0.05, 0) is 19.8 Å².